The van der Waals surface area contributed by atoms with Crippen LogP contribution in [0.1, 0.15) is 74.8 Å². The molecule has 0 bridgehead atoms. The molecule has 1 unspecified atom stereocenters. The number of nitrogens with one attached hydrogen (secondary N) is 1. The summed E-state index contributed by atoms with van der Waals surface area (Å²) < 4.78 is 0. The monoisotopic (exact) mass is 473 g/mol. The minimum atomic E-state index is -0.729. The van der Waals surface area contributed by atoms with E-state index in [9.17, 15) is 14.4 Å². The van der Waals surface area contributed by atoms with Gasteiger partial charge in [0.05, 0.1) is 5.69 Å². The number of carbonyl (C=O) groups is 3. The van der Waals surface area contributed by atoms with Crippen LogP contribution in [0.2, 0.25) is 0 Å². The second kappa shape index (κ2) is 8.67. The molecule has 1 N–H and O–H groups in total. The summed E-state index contributed by atoms with van der Waals surface area (Å²) >= 11 is 0. The number of rotatable bonds is 3. The molecule has 1 saturated heterocycles. The van der Waals surface area contributed by atoms with Crippen molar-refractivity contribution in [3.8, 4) is 0 Å². The van der Waals surface area contributed by atoms with Crippen molar-refractivity contribution >= 4 is 35.3 Å². The third kappa shape index (κ3) is 4.38. The molecule has 0 aromatic heterocycles. The molecule has 0 aliphatic carbocycles. The molecule has 6 nitrogen and oxygen atoms in total. The van der Waals surface area contributed by atoms with E-state index in [-0.39, 0.29) is 11.1 Å². The predicted molar refractivity (Wildman–Crippen MR) is 141 cm³/mol. The Morgan fingerprint density at radius 3 is 2.23 bits per heavy atom. The van der Waals surface area contributed by atoms with Gasteiger partial charge in [0.25, 0.3) is 11.8 Å². The largest absolute Gasteiger partial charge is 0.364 e. The predicted octanol–water partition coefficient (Wildman–Crippen LogP) is 5.78. The number of nitrogens with zero attached hydrogens (tertiary/aromatic N) is 2. The number of fused-ring (bicyclic) bond motifs is 1. The zero-order chi connectivity index (χ0) is 25.8. The number of amides is 4. The summed E-state index contributed by atoms with van der Waals surface area (Å²) in [5, 5.41) is 2.34. The molecular formula is C29H35N3O3. The highest BCUT2D eigenvalue weighted by atomic mass is 16.2. The van der Waals surface area contributed by atoms with E-state index < -0.39 is 17.8 Å². The second-order valence-corrected chi connectivity index (χ2v) is 11.0. The van der Waals surface area contributed by atoms with Gasteiger partial charge in [-0.05, 0) is 119 Å². The number of urea groups is 1. The van der Waals surface area contributed by atoms with E-state index in [1.165, 1.54) is 11.3 Å². The molecule has 1 atom stereocenters. The van der Waals surface area contributed by atoms with Crippen LogP contribution in [-0.2, 0) is 9.59 Å². The number of imide groups is 2. The summed E-state index contributed by atoms with van der Waals surface area (Å²) in [6.45, 7) is 17.0. The van der Waals surface area contributed by atoms with Gasteiger partial charge in [-0.1, -0.05) is 13.0 Å². The number of benzene rings is 2. The maximum atomic E-state index is 13.4. The molecular weight excluding hydrogens is 438 g/mol. The third-order valence-electron chi connectivity index (χ3n) is 7.05. The van der Waals surface area contributed by atoms with Gasteiger partial charge in [-0.3, -0.25) is 14.9 Å². The average Bonchev–Trinajstić information content (AvgIpc) is 2.69. The highest BCUT2D eigenvalue weighted by Gasteiger charge is 2.39. The summed E-state index contributed by atoms with van der Waals surface area (Å²) in [5.74, 6) is -0.952. The molecule has 184 valence electrons. The Labute approximate surface area is 208 Å². The van der Waals surface area contributed by atoms with Crippen LogP contribution in [0, 0.1) is 20.8 Å². The van der Waals surface area contributed by atoms with Crippen molar-refractivity contribution < 1.29 is 14.4 Å². The molecule has 1 fully saturated rings. The van der Waals surface area contributed by atoms with Gasteiger partial charge in [0.15, 0.2) is 0 Å². The van der Waals surface area contributed by atoms with E-state index in [0.717, 1.165) is 33.6 Å². The lowest BCUT2D eigenvalue weighted by Gasteiger charge is -2.50. The smallest absolute Gasteiger partial charge is 0.335 e. The number of carbonyl (C=O) groups excluding carboxylic acids is 3. The highest BCUT2D eigenvalue weighted by molar-refractivity contribution is 6.39. The lowest BCUT2D eigenvalue weighted by atomic mass is 9.78. The second-order valence-electron chi connectivity index (χ2n) is 11.0. The Kier molecular flexibility index (Phi) is 6.12. The fraction of sp³-hybridized carbons (Fsp3) is 0.414. The van der Waals surface area contributed by atoms with Crippen LogP contribution in [0.4, 0.5) is 16.2 Å². The molecule has 2 heterocycles. The van der Waals surface area contributed by atoms with E-state index >= 15 is 0 Å². The van der Waals surface area contributed by atoms with Gasteiger partial charge in [-0.15, -0.1) is 0 Å². The SMILES string of the molecule is Cc1cc(C)cc(N2C(=O)NC(=O)/C(=C\c3cc4c(cc3C)N(C(C)C)C(C)(C)CC4C)C2=O)c1. The highest BCUT2D eigenvalue weighted by Crippen LogP contribution is 2.45. The fourth-order valence-electron chi connectivity index (χ4n) is 5.87. The molecule has 0 spiro atoms. The van der Waals surface area contributed by atoms with Gasteiger partial charge in [0, 0.05) is 17.3 Å². The fourth-order valence-corrected chi connectivity index (χ4v) is 5.87. The van der Waals surface area contributed by atoms with Gasteiger partial charge in [-0.2, -0.15) is 0 Å². The summed E-state index contributed by atoms with van der Waals surface area (Å²) in [6, 6.07) is 9.38. The van der Waals surface area contributed by atoms with Gasteiger partial charge in [-0.25, -0.2) is 9.69 Å². The van der Waals surface area contributed by atoms with E-state index in [1.54, 1.807) is 18.2 Å². The van der Waals surface area contributed by atoms with Crippen molar-refractivity contribution in [2.75, 3.05) is 9.80 Å². The first kappa shape index (κ1) is 24.7. The Bertz CT molecular complexity index is 1250. The molecule has 4 amide bonds. The van der Waals surface area contributed by atoms with Crippen LogP contribution in [0.5, 0.6) is 0 Å². The molecule has 0 saturated carbocycles. The van der Waals surface area contributed by atoms with Crippen molar-refractivity contribution in [2.24, 2.45) is 0 Å². The Balaban J connectivity index is 1.80. The maximum absolute atomic E-state index is 13.4. The first-order valence-electron chi connectivity index (χ1n) is 12.2. The normalized spacial score (nSPS) is 21.0. The summed E-state index contributed by atoms with van der Waals surface area (Å²) in [5.41, 5.74) is 6.50. The Hall–Kier alpha value is -3.41. The number of anilines is 2. The lowest BCUT2D eigenvalue weighted by molar-refractivity contribution is -0.122. The van der Waals surface area contributed by atoms with Crippen LogP contribution in [0.25, 0.3) is 6.08 Å². The van der Waals surface area contributed by atoms with E-state index in [1.807, 2.05) is 26.8 Å². The molecule has 6 heteroatoms. The van der Waals surface area contributed by atoms with Gasteiger partial charge in [0.2, 0.25) is 0 Å². The molecule has 2 aliphatic heterocycles. The Morgan fingerprint density at radius 1 is 1.00 bits per heavy atom. The standard InChI is InChI=1S/C29H35N3O3/c1-16(2)32-25-12-19(5)21(13-23(25)20(6)15-29(32,7)8)14-24-26(33)30-28(35)31(27(24)34)22-10-17(3)9-18(4)11-22/h9-14,16,20H,15H2,1-8H3,(H,30,33,35)/b24-14+. The number of aryl methyl sites for hydroxylation is 3. The zero-order valence-electron chi connectivity index (χ0n) is 21.9. The molecule has 0 radical (unpaired) electrons. The number of barbiturate groups is 1. The zero-order valence-corrected chi connectivity index (χ0v) is 21.9. The third-order valence-corrected chi connectivity index (χ3v) is 7.05. The summed E-state index contributed by atoms with van der Waals surface area (Å²) in [4.78, 5) is 42.3. The van der Waals surface area contributed by atoms with Crippen LogP contribution >= 0.6 is 0 Å². The van der Waals surface area contributed by atoms with Crippen molar-refractivity contribution in [3.63, 3.8) is 0 Å². The summed E-state index contributed by atoms with van der Waals surface area (Å²) in [6.07, 6.45) is 2.63. The first-order valence-corrected chi connectivity index (χ1v) is 12.2. The minimum absolute atomic E-state index is 0.0268. The van der Waals surface area contributed by atoms with Gasteiger partial charge >= 0.3 is 6.03 Å². The van der Waals surface area contributed by atoms with E-state index in [2.05, 4.69) is 57.0 Å². The number of hydrogen-bond donors (Lipinski definition) is 1. The van der Waals surface area contributed by atoms with Crippen LogP contribution in [-0.4, -0.2) is 29.4 Å². The van der Waals surface area contributed by atoms with Gasteiger partial charge < -0.3 is 4.90 Å². The lowest BCUT2D eigenvalue weighted by Crippen LogP contribution is -2.54. The van der Waals surface area contributed by atoms with Crippen LogP contribution < -0.4 is 15.1 Å². The van der Waals surface area contributed by atoms with Crippen molar-refractivity contribution in [1.29, 1.82) is 0 Å². The maximum Gasteiger partial charge on any atom is 0.335 e. The molecule has 2 aromatic carbocycles. The van der Waals surface area contributed by atoms with E-state index in [4.69, 9.17) is 0 Å². The van der Waals surface area contributed by atoms with Crippen molar-refractivity contribution in [2.45, 2.75) is 79.3 Å². The molecule has 2 aromatic rings. The average molecular weight is 474 g/mol. The van der Waals surface area contributed by atoms with Gasteiger partial charge in [0.1, 0.15) is 5.57 Å². The van der Waals surface area contributed by atoms with Crippen molar-refractivity contribution in [3.05, 3.63) is 63.7 Å². The molecule has 4 rings (SSSR count). The topological polar surface area (TPSA) is 69.7 Å². The minimum Gasteiger partial charge on any atom is -0.364 e. The van der Waals surface area contributed by atoms with Crippen LogP contribution in [0.15, 0.2) is 35.9 Å². The molecule has 35 heavy (non-hydrogen) atoms. The van der Waals surface area contributed by atoms with E-state index in [0.29, 0.717) is 17.6 Å². The summed E-state index contributed by atoms with van der Waals surface area (Å²) in [7, 11) is 0. The van der Waals surface area contributed by atoms with Crippen LogP contribution in [0.3, 0.4) is 0 Å². The quantitative estimate of drug-likeness (QED) is 0.453. The van der Waals surface area contributed by atoms with Crippen molar-refractivity contribution in [1.82, 2.24) is 5.32 Å². The number of hydrogen-bond acceptors (Lipinski definition) is 4. The Morgan fingerprint density at radius 2 is 1.63 bits per heavy atom. The molecule has 2 aliphatic rings. The first-order chi connectivity index (χ1) is 16.3.